The van der Waals surface area contributed by atoms with Crippen molar-refractivity contribution in [2.24, 2.45) is 0 Å². The molecule has 3 N–H and O–H groups in total. The lowest BCUT2D eigenvalue weighted by atomic mass is 10.1. The van der Waals surface area contributed by atoms with Gasteiger partial charge in [-0.3, -0.25) is 14.4 Å². The molecule has 0 atom stereocenters. The topological polar surface area (TPSA) is 146 Å². The molecule has 4 aromatic rings. The Morgan fingerprint density at radius 1 is 0.692 bits per heavy atom. The molecule has 3 aromatic carbocycles. The monoisotopic (exact) mass is 768 g/mol. The van der Waals surface area contributed by atoms with Gasteiger partial charge in [0, 0.05) is 18.2 Å². The van der Waals surface area contributed by atoms with E-state index in [1.54, 1.807) is 67.8 Å². The van der Waals surface area contributed by atoms with Crippen molar-refractivity contribution >= 4 is 67.1 Å². The molecular formula is C37H44N4O8S3. The lowest BCUT2D eigenvalue weighted by Crippen LogP contribution is -2.19. The maximum atomic E-state index is 13.6. The predicted molar refractivity (Wildman–Crippen MR) is 207 cm³/mol. The van der Waals surface area contributed by atoms with E-state index in [2.05, 4.69) is 34.8 Å². The van der Waals surface area contributed by atoms with Gasteiger partial charge in [-0.05, 0) is 112 Å². The zero-order valence-electron chi connectivity index (χ0n) is 29.5. The zero-order chi connectivity index (χ0) is 37.1. The largest absolute Gasteiger partial charge is 0.494 e. The summed E-state index contributed by atoms with van der Waals surface area (Å²) < 4.78 is 28.7. The summed E-state index contributed by atoms with van der Waals surface area (Å²) in [7, 11) is 4.12. The lowest BCUT2D eigenvalue weighted by molar-refractivity contribution is -0.115. The third-order valence-electron chi connectivity index (χ3n) is 7.31. The third-order valence-corrected chi connectivity index (χ3v) is 9.84. The molecule has 15 heteroatoms. The average Bonchev–Trinajstić information content (AvgIpc) is 3.55. The van der Waals surface area contributed by atoms with Crippen LogP contribution in [0.1, 0.15) is 65.8 Å². The Morgan fingerprint density at radius 2 is 1.23 bits per heavy atom. The molecule has 0 aliphatic carbocycles. The van der Waals surface area contributed by atoms with Gasteiger partial charge in [0.05, 0.1) is 50.8 Å². The Hall–Kier alpha value is -4.41. The first-order chi connectivity index (χ1) is 25.3. The molecule has 0 aliphatic heterocycles. The van der Waals surface area contributed by atoms with Crippen LogP contribution in [-0.2, 0) is 20.7 Å². The molecule has 0 bridgehead atoms. The third kappa shape index (κ3) is 13.3. The van der Waals surface area contributed by atoms with Gasteiger partial charge in [-0.25, -0.2) is 0 Å². The molecule has 4 rings (SSSR count). The van der Waals surface area contributed by atoms with E-state index in [9.17, 15) is 14.4 Å². The fourth-order valence-corrected chi connectivity index (χ4v) is 6.51. The number of ether oxygens (including phenoxy) is 5. The van der Waals surface area contributed by atoms with Gasteiger partial charge in [-0.2, -0.15) is 4.98 Å². The van der Waals surface area contributed by atoms with Gasteiger partial charge in [0.25, 0.3) is 11.8 Å². The molecule has 52 heavy (non-hydrogen) atoms. The number of aromatic nitrogens is 1. The summed E-state index contributed by atoms with van der Waals surface area (Å²) >= 11 is 5.09. The molecule has 0 fully saturated rings. The number of methoxy groups -OCH3 is 1. The van der Waals surface area contributed by atoms with Crippen LogP contribution < -0.4 is 30.2 Å². The van der Waals surface area contributed by atoms with Crippen molar-refractivity contribution in [1.82, 2.24) is 4.98 Å². The van der Waals surface area contributed by atoms with Crippen molar-refractivity contribution in [2.75, 3.05) is 62.7 Å². The Labute approximate surface area is 316 Å². The van der Waals surface area contributed by atoms with Gasteiger partial charge < -0.3 is 39.6 Å². The van der Waals surface area contributed by atoms with Crippen molar-refractivity contribution < 1.29 is 38.1 Å². The molecule has 12 nitrogen and oxygen atoms in total. The molecule has 278 valence electrons. The highest BCUT2D eigenvalue weighted by Gasteiger charge is 2.20. The van der Waals surface area contributed by atoms with Crippen LogP contribution >= 0.6 is 32.9 Å². The summed E-state index contributed by atoms with van der Waals surface area (Å²) in [6, 6.07) is 16.9. The highest BCUT2D eigenvalue weighted by Crippen LogP contribution is 2.37. The first-order valence-corrected chi connectivity index (χ1v) is 19.6. The summed E-state index contributed by atoms with van der Waals surface area (Å²) in [5.41, 5.74) is 1.72. The van der Waals surface area contributed by atoms with Crippen LogP contribution in [-0.4, -0.2) is 69.5 Å². The quantitative estimate of drug-likeness (QED) is 0.0408. The molecule has 1 heterocycles. The summed E-state index contributed by atoms with van der Waals surface area (Å²) in [6.45, 7) is 6.43. The second-order valence-corrected chi connectivity index (χ2v) is 14.2. The van der Waals surface area contributed by atoms with E-state index < -0.39 is 11.8 Å². The van der Waals surface area contributed by atoms with Crippen LogP contribution in [0.15, 0.2) is 60.7 Å². The molecule has 0 spiro atoms. The number of benzene rings is 3. The minimum atomic E-state index is -0.430. The Kier molecular flexibility index (Phi) is 17.0. The van der Waals surface area contributed by atoms with E-state index in [-0.39, 0.29) is 42.7 Å². The summed E-state index contributed by atoms with van der Waals surface area (Å²) in [5, 5.41) is 9.00. The number of hydrogen-bond donors (Lipinski definition) is 3. The summed E-state index contributed by atoms with van der Waals surface area (Å²) in [6.07, 6.45) is 3.77. The number of anilines is 3. The van der Waals surface area contributed by atoms with Gasteiger partial charge in [-0.1, -0.05) is 26.7 Å². The second kappa shape index (κ2) is 21.8. The second-order valence-electron chi connectivity index (χ2n) is 11.4. The number of carbonyl (C=O) groups excluding carboxylic acids is 3. The van der Waals surface area contributed by atoms with Crippen molar-refractivity contribution in [2.45, 2.75) is 46.0 Å². The summed E-state index contributed by atoms with van der Waals surface area (Å²) in [5.74, 6) is 0.291. The number of unbranched alkanes of at least 4 members (excludes halogenated alkanes) is 2. The minimum absolute atomic E-state index is 0.0947. The van der Waals surface area contributed by atoms with E-state index in [0.29, 0.717) is 63.7 Å². The predicted octanol–water partition coefficient (Wildman–Crippen LogP) is 8.02. The van der Waals surface area contributed by atoms with Crippen LogP contribution in [0.2, 0.25) is 0 Å². The molecule has 1 aromatic heterocycles. The molecule has 0 saturated heterocycles. The van der Waals surface area contributed by atoms with Gasteiger partial charge in [-0.15, -0.1) is 0 Å². The van der Waals surface area contributed by atoms with E-state index in [1.807, 2.05) is 0 Å². The van der Waals surface area contributed by atoms with Crippen LogP contribution in [0.4, 0.5) is 16.5 Å². The van der Waals surface area contributed by atoms with Crippen molar-refractivity contribution in [1.29, 1.82) is 0 Å². The maximum Gasteiger partial charge on any atom is 0.255 e. The minimum Gasteiger partial charge on any atom is -0.494 e. The first-order valence-electron chi connectivity index (χ1n) is 17.0. The number of nitrogens with zero attached hydrogens (tertiary/aromatic N) is 1. The van der Waals surface area contributed by atoms with Crippen LogP contribution in [0, 0.1) is 3.95 Å². The highest BCUT2D eigenvalue weighted by molar-refractivity contribution is 7.79. The van der Waals surface area contributed by atoms with Crippen LogP contribution in [0.5, 0.6) is 17.2 Å². The Morgan fingerprint density at radius 3 is 1.71 bits per heavy atom. The molecule has 3 amide bonds. The smallest absolute Gasteiger partial charge is 0.255 e. The normalized spacial score (nSPS) is 10.8. The molecular weight excluding hydrogens is 725 g/mol. The van der Waals surface area contributed by atoms with E-state index in [4.69, 9.17) is 35.9 Å². The zero-order valence-corrected chi connectivity index (χ0v) is 31.9. The average molecular weight is 769 g/mol. The fourth-order valence-electron chi connectivity index (χ4n) is 4.63. The number of rotatable bonds is 22. The van der Waals surface area contributed by atoms with Crippen LogP contribution in [0.3, 0.4) is 0 Å². The van der Waals surface area contributed by atoms with Gasteiger partial charge in [0.15, 0.2) is 9.70 Å². The highest BCUT2D eigenvalue weighted by atomic mass is 32.9. The van der Waals surface area contributed by atoms with E-state index in [0.717, 1.165) is 25.7 Å². The summed E-state index contributed by atoms with van der Waals surface area (Å²) in [4.78, 5) is 44.5. The lowest BCUT2D eigenvalue weighted by Gasteiger charge is -2.19. The Balaban J connectivity index is 1.64. The first kappa shape index (κ1) is 40.4. The maximum absolute atomic E-state index is 13.6. The molecule has 0 aliphatic rings. The number of amides is 3. The van der Waals surface area contributed by atoms with Gasteiger partial charge in [0.1, 0.15) is 18.1 Å². The fraction of sp³-hybridized carbons (Fsp3) is 0.378. The number of carbonyl (C=O) groups is 3. The van der Waals surface area contributed by atoms with E-state index in [1.165, 1.54) is 20.7 Å². The molecule has 0 unspecified atom stereocenters. The standard InChI is InChI=1S/C37H44N4O8S3/c1-4-6-16-47-28-12-8-26(9-13-28)34(43)38-30-22-25(24-32(42)40-36-41-37(50)52-51-36)23-31(33(30)49-21-20-46-19-18-45-3)39-35(44)27-10-14-29(15-11-27)48-17-7-5-2/h8-15,22-23H,4-7,16-21,24H2,1-3H3,(H,38,43)(H,39,44)(H,40,41,42,50). The van der Waals surface area contributed by atoms with Crippen molar-refractivity contribution in [3.05, 3.63) is 81.3 Å². The van der Waals surface area contributed by atoms with E-state index >= 15 is 0 Å². The Bertz CT molecular complexity index is 1710. The molecule has 0 radical (unpaired) electrons. The van der Waals surface area contributed by atoms with Gasteiger partial charge >= 0.3 is 0 Å². The molecule has 0 saturated carbocycles. The van der Waals surface area contributed by atoms with Crippen LogP contribution in [0.25, 0.3) is 0 Å². The van der Waals surface area contributed by atoms with Crippen molar-refractivity contribution in [3.8, 4) is 17.2 Å². The number of hydrogen-bond acceptors (Lipinski definition) is 12. The number of nitrogens with one attached hydrogen (secondary N) is 3. The van der Waals surface area contributed by atoms with Gasteiger partial charge in [0.2, 0.25) is 11.0 Å². The SMILES string of the molecule is CCCCOc1ccc(C(=O)Nc2cc(CC(=O)Nc3nc(=S)ss3)cc(NC(=O)c3ccc(OCCCC)cc3)c2OCCOCCOC)cc1. The van der Waals surface area contributed by atoms with Crippen molar-refractivity contribution in [3.63, 3.8) is 0 Å².